The molecule has 0 spiro atoms. The molecule has 1 amide bonds. The zero-order valence-corrected chi connectivity index (χ0v) is 20.3. The van der Waals surface area contributed by atoms with Crippen molar-refractivity contribution in [2.24, 2.45) is 0 Å². The number of nitrogens with zero attached hydrogens (tertiary/aromatic N) is 4. The van der Waals surface area contributed by atoms with Gasteiger partial charge < -0.3 is 29.8 Å². The summed E-state index contributed by atoms with van der Waals surface area (Å²) >= 11 is 0. The topological polar surface area (TPSA) is 141 Å². The lowest BCUT2D eigenvalue weighted by atomic mass is 9.92. The normalized spacial score (nSPS) is 21.1. The minimum absolute atomic E-state index is 0.116. The summed E-state index contributed by atoms with van der Waals surface area (Å²) < 4.78 is 11.7. The van der Waals surface area contributed by atoms with Gasteiger partial charge in [0.2, 0.25) is 5.89 Å². The number of carbonyl (C=O) groups excluding carboxylic acids is 1. The Labute approximate surface area is 212 Å². The number of fused-ring (bicyclic) bond motifs is 4. The molecule has 1 aliphatic carbocycles. The molecular weight excluding hydrogens is 474 g/mol. The third kappa shape index (κ3) is 3.78. The number of H-pyrrole nitrogens is 1. The van der Waals surface area contributed by atoms with Crippen molar-refractivity contribution in [1.82, 2.24) is 30.8 Å². The van der Waals surface area contributed by atoms with Crippen LogP contribution in [0.15, 0.2) is 35.0 Å². The molecule has 4 N–H and O–H groups in total. The Morgan fingerprint density at radius 3 is 2.95 bits per heavy atom. The predicted octanol–water partition coefficient (Wildman–Crippen LogP) is 2.17. The molecule has 11 nitrogen and oxygen atoms in total. The first-order valence-corrected chi connectivity index (χ1v) is 12.6. The molecule has 7 rings (SSSR count). The maximum Gasteiger partial charge on any atom is 0.250 e. The van der Waals surface area contributed by atoms with E-state index in [1.165, 1.54) is 0 Å². The number of hydrogen-bond donors (Lipinski definition) is 4. The Morgan fingerprint density at radius 1 is 1.27 bits per heavy atom. The highest BCUT2D eigenvalue weighted by Crippen LogP contribution is 2.51. The number of morpholine rings is 1. The number of anilines is 1. The number of aliphatic hydroxyl groups is 1. The quantitative estimate of drug-likeness (QED) is 0.324. The number of aromatic amines is 1. The number of hydrogen-bond acceptors (Lipinski definition) is 9. The lowest BCUT2D eigenvalue weighted by molar-refractivity contribution is -0.134. The minimum Gasteiger partial charge on any atom is -0.438 e. The second-order valence-electron chi connectivity index (χ2n) is 9.78. The Balaban J connectivity index is 1.24. The fourth-order valence-corrected chi connectivity index (χ4v) is 5.33. The molecule has 1 saturated heterocycles. The van der Waals surface area contributed by atoms with E-state index in [0.717, 1.165) is 58.4 Å². The second-order valence-corrected chi connectivity index (χ2v) is 9.78. The van der Waals surface area contributed by atoms with Crippen molar-refractivity contribution >= 4 is 22.6 Å². The summed E-state index contributed by atoms with van der Waals surface area (Å²) in [5.74, 6) is 0.672. The van der Waals surface area contributed by atoms with Crippen LogP contribution < -0.4 is 15.5 Å². The van der Waals surface area contributed by atoms with Gasteiger partial charge in [-0.1, -0.05) is 6.07 Å². The molecule has 1 unspecified atom stereocenters. The van der Waals surface area contributed by atoms with E-state index in [1.54, 1.807) is 6.20 Å². The van der Waals surface area contributed by atoms with Crippen LogP contribution in [0.3, 0.4) is 0 Å². The van der Waals surface area contributed by atoms with Gasteiger partial charge in [-0.25, -0.2) is 9.97 Å². The molecule has 1 saturated carbocycles. The van der Waals surface area contributed by atoms with Crippen LogP contribution in [0.2, 0.25) is 0 Å². The lowest BCUT2D eigenvalue weighted by Gasteiger charge is -2.36. The Bertz CT molecular complexity index is 1500. The van der Waals surface area contributed by atoms with Gasteiger partial charge in [0, 0.05) is 41.8 Å². The summed E-state index contributed by atoms with van der Waals surface area (Å²) in [6.45, 7) is 3.89. The van der Waals surface area contributed by atoms with Crippen molar-refractivity contribution in [2.75, 3.05) is 24.6 Å². The molecule has 1 aromatic carbocycles. The van der Waals surface area contributed by atoms with Crippen molar-refractivity contribution in [1.29, 1.82) is 0 Å². The molecule has 2 aliphatic heterocycles. The minimum atomic E-state index is -0.933. The Hall–Kier alpha value is -3.80. The molecule has 4 aromatic rings. The zero-order chi connectivity index (χ0) is 25.1. The number of aromatic nitrogens is 4. The van der Waals surface area contributed by atoms with E-state index in [1.807, 2.05) is 12.3 Å². The van der Waals surface area contributed by atoms with E-state index in [4.69, 9.17) is 9.15 Å². The van der Waals surface area contributed by atoms with Crippen molar-refractivity contribution in [3.05, 3.63) is 47.7 Å². The highest BCUT2D eigenvalue weighted by molar-refractivity contribution is 5.90. The van der Waals surface area contributed by atoms with E-state index in [9.17, 15) is 9.90 Å². The van der Waals surface area contributed by atoms with E-state index in [2.05, 4.69) is 54.8 Å². The molecule has 5 heterocycles. The summed E-state index contributed by atoms with van der Waals surface area (Å²) in [6, 6.07) is 6.38. The van der Waals surface area contributed by atoms with Gasteiger partial charge >= 0.3 is 0 Å². The number of amides is 1. The standard InChI is InChI=1S/C26H27N7O4/c1-13-17(14-8-15-10-30-32-24(15)28-9-14)4-5-18-22(13)33(16-2-3-16)26(35)21-23(18)37-20(31-21)12-29-25(34)19-11-27-6-7-36-19/h4-5,8-10,16,19,26-27,35H,2-3,6-7,11-12H2,1H3,(H,29,34)(H,28,30,32)/t19-,26?/m0/s1. The van der Waals surface area contributed by atoms with Gasteiger partial charge in [0.15, 0.2) is 17.6 Å². The average Bonchev–Trinajstić information content (AvgIpc) is 3.48. The smallest absolute Gasteiger partial charge is 0.250 e. The number of carbonyl (C=O) groups is 1. The van der Waals surface area contributed by atoms with Crippen LogP contribution in [0.25, 0.3) is 33.5 Å². The maximum absolute atomic E-state index is 12.5. The molecule has 0 radical (unpaired) electrons. The number of pyridine rings is 1. The molecule has 190 valence electrons. The van der Waals surface area contributed by atoms with Crippen molar-refractivity contribution < 1.29 is 19.1 Å². The monoisotopic (exact) mass is 501 g/mol. The number of aliphatic hydroxyl groups excluding tert-OH is 1. The van der Waals surface area contributed by atoms with Gasteiger partial charge in [-0.3, -0.25) is 9.89 Å². The van der Waals surface area contributed by atoms with E-state index in [0.29, 0.717) is 30.5 Å². The average molecular weight is 502 g/mol. The van der Waals surface area contributed by atoms with Crippen molar-refractivity contribution in [2.45, 2.75) is 44.7 Å². The first-order chi connectivity index (χ1) is 18.1. The largest absolute Gasteiger partial charge is 0.438 e. The van der Waals surface area contributed by atoms with E-state index < -0.39 is 12.3 Å². The third-order valence-electron chi connectivity index (χ3n) is 7.32. The number of benzene rings is 1. The van der Waals surface area contributed by atoms with Crippen LogP contribution in [0.1, 0.15) is 36.2 Å². The zero-order valence-electron chi connectivity index (χ0n) is 20.3. The Morgan fingerprint density at radius 2 is 2.14 bits per heavy atom. The van der Waals surface area contributed by atoms with Crippen LogP contribution in [-0.2, 0) is 16.1 Å². The molecule has 0 bridgehead atoms. The van der Waals surface area contributed by atoms with Gasteiger partial charge in [0.25, 0.3) is 5.91 Å². The summed E-state index contributed by atoms with van der Waals surface area (Å²) in [4.78, 5) is 23.7. The summed E-state index contributed by atoms with van der Waals surface area (Å²) in [5.41, 5.74) is 6.09. The van der Waals surface area contributed by atoms with Gasteiger partial charge in [0.05, 0.1) is 25.0 Å². The van der Waals surface area contributed by atoms with Crippen molar-refractivity contribution in [3.63, 3.8) is 0 Å². The third-order valence-corrected chi connectivity index (χ3v) is 7.32. The summed E-state index contributed by atoms with van der Waals surface area (Å²) in [5, 5.41) is 25.3. The highest BCUT2D eigenvalue weighted by Gasteiger charge is 2.43. The maximum atomic E-state index is 12.5. The number of rotatable bonds is 5. The number of oxazole rings is 1. The van der Waals surface area contributed by atoms with Crippen LogP contribution in [0, 0.1) is 6.92 Å². The van der Waals surface area contributed by atoms with E-state index in [-0.39, 0.29) is 18.5 Å². The molecule has 3 aliphatic rings. The van der Waals surface area contributed by atoms with Crippen LogP contribution in [0.5, 0.6) is 0 Å². The molecule has 37 heavy (non-hydrogen) atoms. The van der Waals surface area contributed by atoms with Gasteiger partial charge in [-0.15, -0.1) is 0 Å². The molecule has 2 fully saturated rings. The van der Waals surface area contributed by atoms with Crippen LogP contribution in [-0.4, -0.2) is 63.0 Å². The molecular formula is C26H27N7O4. The predicted molar refractivity (Wildman–Crippen MR) is 134 cm³/mol. The van der Waals surface area contributed by atoms with E-state index >= 15 is 0 Å². The van der Waals surface area contributed by atoms with Gasteiger partial charge in [-0.05, 0) is 43.0 Å². The van der Waals surface area contributed by atoms with Gasteiger partial charge in [0.1, 0.15) is 11.8 Å². The molecule has 3 aromatic heterocycles. The van der Waals surface area contributed by atoms with Crippen LogP contribution >= 0.6 is 0 Å². The second kappa shape index (κ2) is 8.65. The molecule has 2 atom stereocenters. The highest BCUT2D eigenvalue weighted by atomic mass is 16.5. The number of nitrogens with one attached hydrogen (secondary N) is 3. The number of ether oxygens (including phenoxy) is 1. The molecule has 11 heteroatoms. The van der Waals surface area contributed by atoms with Gasteiger partial charge in [-0.2, -0.15) is 5.10 Å². The first kappa shape index (κ1) is 22.4. The fraction of sp³-hybridized carbons (Fsp3) is 0.385. The Kier molecular flexibility index (Phi) is 5.24. The van der Waals surface area contributed by atoms with Crippen molar-refractivity contribution in [3.8, 4) is 22.5 Å². The first-order valence-electron chi connectivity index (χ1n) is 12.6. The summed E-state index contributed by atoms with van der Waals surface area (Å²) in [7, 11) is 0. The fourth-order valence-electron chi connectivity index (χ4n) is 5.33. The summed E-state index contributed by atoms with van der Waals surface area (Å²) in [6.07, 6.45) is 4.15. The SMILES string of the molecule is Cc1c(-c2cnc3[nH]ncc3c2)ccc2c1N(C1CC1)C(O)c1nc(CNC(=O)[C@@H]3CNCCO3)oc1-2. The van der Waals surface area contributed by atoms with Crippen LogP contribution in [0.4, 0.5) is 5.69 Å². The lowest BCUT2D eigenvalue weighted by Crippen LogP contribution is -2.47.